The molecule has 0 aliphatic rings. The maximum atomic E-state index is 9.14. The highest BCUT2D eigenvalue weighted by atomic mass is 35.5. The van der Waals surface area contributed by atoms with Crippen LogP contribution in [0.25, 0.3) is 5.57 Å². The van der Waals surface area contributed by atoms with Crippen LogP contribution in [0.1, 0.15) is 10.7 Å². The standard InChI is InChI=1S/C12H8Cl2N4S/c1-7-6-19-12(18-7)8(2-15)3-17-11-9(13)4-16-5-10(11)14/h3-6H,1H3,(H,16,17)/b8-3+. The Kier molecular flexibility index (Phi) is 4.38. The van der Waals surface area contributed by atoms with Gasteiger partial charge in [-0.1, -0.05) is 23.2 Å². The summed E-state index contributed by atoms with van der Waals surface area (Å²) < 4.78 is 0. The van der Waals surface area contributed by atoms with Crippen LogP contribution in [-0.4, -0.2) is 9.97 Å². The van der Waals surface area contributed by atoms with E-state index < -0.39 is 0 Å². The third-order valence-electron chi connectivity index (χ3n) is 2.18. The molecule has 2 rings (SSSR count). The molecule has 0 saturated carbocycles. The number of nitrogens with zero attached hydrogens (tertiary/aromatic N) is 3. The summed E-state index contributed by atoms with van der Waals surface area (Å²) in [6.45, 7) is 1.87. The van der Waals surface area contributed by atoms with Crippen LogP contribution in [0.3, 0.4) is 0 Å². The third-order valence-corrected chi connectivity index (χ3v) is 3.75. The summed E-state index contributed by atoms with van der Waals surface area (Å²) in [4.78, 5) is 8.10. The molecule has 4 nitrogen and oxygen atoms in total. The molecule has 0 aliphatic carbocycles. The molecular weight excluding hydrogens is 303 g/mol. The minimum absolute atomic E-state index is 0.386. The van der Waals surface area contributed by atoms with Crippen LogP contribution in [0.5, 0.6) is 0 Å². The predicted molar refractivity (Wildman–Crippen MR) is 78.3 cm³/mol. The summed E-state index contributed by atoms with van der Waals surface area (Å²) in [6.07, 6.45) is 4.48. The van der Waals surface area contributed by atoms with E-state index >= 15 is 0 Å². The lowest BCUT2D eigenvalue weighted by Gasteiger charge is -2.05. The Labute approximate surface area is 124 Å². The van der Waals surface area contributed by atoms with E-state index in [1.54, 1.807) is 0 Å². The molecule has 0 aliphatic heterocycles. The maximum absolute atomic E-state index is 9.14. The summed E-state index contributed by atoms with van der Waals surface area (Å²) in [5.74, 6) is 0. The number of allylic oxidation sites excluding steroid dienone is 1. The fraction of sp³-hybridized carbons (Fsp3) is 0.0833. The first-order chi connectivity index (χ1) is 9.11. The van der Waals surface area contributed by atoms with E-state index in [0.29, 0.717) is 26.3 Å². The number of nitrogens with one attached hydrogen (secondary N) is 1. The molecular formula is C12H8Cl2N4S. The number of aryl methyl sites for hydroxylation is 1. The van der Waals surface area contributed by atoms with Crippen LogP contribution in [0.4, 0.5) is 5.69 Å². The van der Waals surface area contributed by atoms with Gasteiger partial charge in [0.15, 0.2) is 0 Å². The summed E-state index contributed by atoms with van der Waals surface area (Å²) in [5, 5.41) is 15.4. The Morgan fingerprint density at radius 2 is 2.11 bits per heavy atom. The van der Waals surface area contributed by atoms with E-state index in [0.717, 1.165) is 5.69 Å². The van der Waals surface area contributed by atoms with Crippen LogP contribution >= 0.6 is 34.5 Å². The molecule has 2 aromatic rings. The average molecular weight is 311 g/mol. The molecule has 2 heterocycles. The van der Waals surface area contributed by atoms with Gasteiger partial charge in [0.1, 0.15) is 16.6 Å². The minimum Gasteiger partial charge on any atom is -0.358 e. The Bertz CT molecular complexity index is 652. The van der Waals surface area contributed by atoms with Gasteiger partial charge in [0.25, 0.3) is 0 Å². The van der Waals surface area contributed by atoms with Crippen molar-refractivity contribution in [2.45, 2.75) is 6.92 Å². The molecule has 96 valence electrons. The molecule has 0 fully saturated rings. The first kappa shape index (κ1) is 13.8. The number of thiazole rings is 1. The SMILES string of the molecule is Cc1csc(/C(C#N)=C/Nc2c(Cl)cncc2Cl)n1. The van der Waals surface area contributed by atoms with Gasteiger partial charge in [0.2, 0.25) is 0 Å². The third kappa shape index (κ3) is 3.24. The first-order valence-corrected chi connectivity index (χ1v) is 6.83. The van der Waals surface area contributed by atoms with Gasteiger partial charge in [0.05, 0.1) is 15.7 Å². The summed E-state index contributed by atoms with van der Waals surface area (Å²) in [7, 11) is 0. The van der Waals surface area contributed by atoms with Gasteiger partial charge in [-0.15, -0.1) is 11.3 Å². The number of hydrogen-bond donors (Lipinski definition) is 1. The number of hydrogen-bond acceptors (Lipinski definition) is 5. The smallest absolute Gasteiger partial charge is 0.135 e. The summed E-state index contributed by atoms with van der Waals surface area (Å²) in [6, 6.07) is 2.09. The van der Waals surface area contributed by atoms with Crippen LogP contribution < -0.4 is 5.32 Å². The lowest BCUT2D eigenvalue weighted by atomic mass is 10.3. The van der Waals surface area contributed by atoms with E-state index in [1.165, 1.54) is 29.9 Å². The Balaban J connectivity index is 2.28. The van der Waals surface area contributed by atoms with E-state index in [2.05, 4.69) is 21.4 Å². The zero-order valence-corrected chi connectivity index (χ0v) is 12.1. The minimum atomic E-state index is 0.386. The van der Waals surface area contributed by atoms with E-state index in [9.17, 15) is 0 Å². The van der Waals surface area contributed by atoms with Crippen molar-refractivity contribution in [3.63, 3.8) is 0 Å². The molecule has 0 saturated heterocycles. The highest BCUT2D eigenvalue weighted by Gasteiger charge is 2.08. The Morgan fingerprint density at radius 3 is 2.63 bits per heavy atom. The lowest BCUT2D eigenvalue weighted by molar-refractivity contribution is 1.24. The normalized spacial score (nSPS) is 11.2. The quantitative estimate of drug-likeness (QED) is 0.866. The molecule has 1 N–H and O–H groups in total. The largest absolute Gasteiger partial charge is 0.358 e. The van der Waals surface area contributed by atoms with Crippen molar-refractivity contribution in [3.05, 3.63) is 44.7 Å². The monoisotopic (exact) mass is 310 g/mol. The van der Waals surface area contributed by atoms with Crippen LogP contribution in [0.2, 0.25) is 10.0 Å². The van der Waals surface area contributed by atoms with Gasteiger partial charge in [-0.25, -0.2) is 4.98 Å². The van der Waals surface area contributed by atoms with E-state index in [-0.39, 0.29) is 0 Å². The van der Waals surface area contributed by atoms with Crippen molar-refractivity contribution < 1.29 is 0 Å². The van der Waals surface area contributed by atoms with Crippen molar-refractivity contribution in [1.29, 1.82) is 5.26 Å². The topological polar surface area (TPSA) is 61.6 Å². The molecule has 2 aromatic heterocycles. The predicted octanol–water partition coefficient (Wildman–Crippen LogP) is 4.13. The van der Waals surface area contributed by atoms with E-state index in [1.807, 2.05) is 12.3 Å². The highest BCUT2D eigenvalue weighted by molar-refractivity contribution is 7.10. The second-order valence-electron chi connectivity index (χ2n) is 3.59. The number of pyridine rings is 1. The Hall–Kier alpha value is -1.61. The molecule has 0 atom stereocenters. The molecule has 7 heteroatoms. The van der Waals surface area contributed by atoms with Crippen molar-refractivity contribution in [1.82, 2.24) is 9.97 Å². The van der Waals surface area contributed by atoms with Gasteiger partial charge in [0, 0.05) is 29.7 Å². The number of anilines is 1. The lowest BCUT2D eigenvalue weighted by Crippen LogP contribution is -1.93. The summed E-state index contributed by atoms with van der Waals surface area (Å²) in [5.41, 5.74) is 1.81. The number of rotatable bonds is 3. The van der Waals surface area contributed by atoms with Crippen molar-refractivity contribution in [2.24, 2.45) is 0 Å². The van der Waals surface area contributed by atoms with Crippen molar-refractivity contribution >= 4 is 45.8 Å². The fourth-order valence-corrected chi connectivity index (χ4v) is 2.55. The zero-order chi connectivity index (χ0) is 13.8. The second-order valence-corrected chi connectivity index (χ2v) is 5.26. The van der Waals surface area contributed by atoms with E-state index in [4.69, 9.17) is 28.5 Å². The number of halogens is 2. The van der Waals surface area contributed by atoms with Gasteiger partial charge in [-0.05, 0) is 6.92 Å². The summed E-state index contributed by atoms with van der Waals surface area (Å²) >= 11 is 13.3. The molecule has 0 amide bonds. The number of aromatic nitrogens is 2. The molecule has 0 unspecified atom stereocenters. The van der Waals surface area contributed by atoms with Gasteiger partial charge in [-0.2, -0.15) is 5.26 Å². The molecule has 0 aromatic carbocycles. The van der Waals surface area contributed by atoms with Gasteiger partial charge in [-0.3, -0.25) is 4.98 Å². The first-order valence-electron chi connectivity index (χ1n) is 5.20. The van der Waals surface area contributed by atoms with Gasteiger partial charge >= 0.3 is 0 Å². The van der Waals surface area contributed by atoms with Crippen LogP contribution in [0.15, 0.2) is 24.0 Å². The fourth-order valence-electron chi connectivity index (χ4n) is 1.31. The second kappa shape index (κ2) is 6.02. The molecule has 19 heavy (non-hydrogen) atoms. The van der Waals surface area contributed by atoms with Gasteiger partial charge < -0.3 is 5.32 Å². The van der Waals surface area contributed by atoms with Crippen LogP contribution in [-0.2, 0) is 0 Å². The van der Waals surface area contributed by atoms with Crippen molar-refractivity contribution in [3.8, 4) is 6.07 Å². The van der Waals surface area contributed by atoms with Crippen molar-refractivity contribution in [2.75, 3.05) is 5.32 Å². The van der Waals surface area contributed by atoms with Crippen LogP contribution in [0, 0.1) is 18.3 Å². The molecule has 0 bridgehead atoms. The number of nitriles is 1. The zero-order valence-electron chi connectivity index (χ0n) is 9.82. The maximum Gasteiger partial charge on any atom is 0.135 e. The molecule has 0 spiro atoms. The molecule has 0 radical (unpaired) electrons. The average Bonchev–Trinajstić information content (AvgIpc) is 2.80. The Morgan fingerprint density at radius 1 is 1.42 bits per heavy atom. The highest BCUT2D eigenvalue weighted by Crippen LogP contribution is 2.29.